The molecule has 4 fully saturated rings. The van der Waals surface area contributed by atoms with Gasteiger partial charge in [-0.3, -0.25) is 4.79 Å². The van der Waals surface area contributed by atoms with Crippen LogP contribution in [0.15, 0.2) is 12.2 Å². The molecule has 0 N–H and O–H groups in total. The Morgan fingerprint density at radius 1 is 0.939 bits per heavy atom. The van der Waals surface area contributed by atoms with E-state index in [9.17, 15) is 4.79 Å². The van der Waals surface area contributed by atoms with Gasteiger partial charge >= 0.3 is 5.97 Å². The van der Waals surface area contributed by atoms with Gasteiger partial charge in [0.2, 0.25) is 0 Å². The highest BCUT2D eigenvalue weighted by Crippen LogP contribution is 2.68. The molecule has 0 amide bonds. The zero-order valence-corrected chi connectivity index (χ0v) is 22.7. The van der Waals surface area contributed by atoms with E-state index >= 15 is 0 Å². The summed E-state index contributed by atoms with van der Waals surface area (Å²) < 4.78 is 5.66. The van der Waals surface area contributed by atoms with Crippen LogP contribution < -0.4 is 0 Å². The number of allylic oxidation sites excluding steroid dienone is 2. The topological polar surface area (TPSA) is 26.3 Å². The molecule has 4 saturated carbocycles. The van der Waals surface area contributed by atoms with Gasteiger partial charge < -0.3 is 4.74 Å². The lowest BCUT2D eigenvalue weighted by Crippen LogP contribution is -2.54. The summed E-state index contributed by atoms with van der Waals surface area (Å²) >= 11 is 0. The molecular formula is C31H52O2. The van der Waals surface area contributed by atoms with E-state index < -0.39 is 0 Å². The van der Waals surface area contributed by atoms with E-state index in [0.717, 1.165) is 54.3 Å². The van der Waals surface area contributed by atoms with Gasteiger partial charge in [0, 0.05) is 6.92 Å². The molecule has 0 aliphatic heterocycles. The second-order valence-corrected chi connectivity index (χ2v) is 13.5. The third kappa shape index (κ3) is 4.58. The minimum atomic E-state index is -0.0930. The van der Waals surface area contributed by atoms with E-state index in [1.165, 1.54) is 51.4 Å². The molecule has 33 heavy (non-hydrogen) atoms. The lowest BCUT2D eigenvalue weighted by atomic mass is 9.44. The SMILES string of the molecule is CC[C@H](/C=C/[C@@H](C)[C@H]1CC[C@H]2[C@@H]3CC[C@H]4C[C@@H](OC(C)=O)CC[C@]4(C)[C@H]3CC[C@]12C)C(C)C. The van der Waals surface area contributed by atoms with Crippen LogP contribution >= 0.6 is 0 Å². The molecule has 0 unspecified atom stereocenters. The molecule has 4 aliphatic carbocycles. The average molecular weight is 457 g/mol. The van der Waals surface area contributed by atoms with E-state index in [1.54, 1.807) is 6.92 Å². The highest BCUT2D eigenvalue weighted by molar-refractivity contribution is 5.66. The first-order valence-electron chi connectivity index (χ1n) is 14.5. The Hall–Kier alpha value is -0.790. The number of hydrogen-bond acceptors (Lipinski definition) is 2. The van der Waals surface area contributed by atoms with Crippen molar-refractivity contribution in [1.29, 1.82) is 0 Å². The number of esters is 1. The van der Waals surface area contributed by atoms with Gasteiger partial charge in [0.1, 0.15) is 6.10 Å². The lowest BCUT2D eigenvalue weighted by molar-refractivity contribution is -0.160. The normalized spacial score (nSPS) is 44.7. The minimum absolute atomic E-state index is 0.0930. The number of ether oxygens (including phenoxy) is 1. The van der Waals surface area contributed by atoms with Crippen LogP contribution in [0.4, 0.5) is 0 Å². The molecule has 188 valence electrons. The van der Waals surface area contributed by atoms with Gasteiger partial charge in [0.05, 0.1) is 0 Å². The fourth-order valence-corrected chi connectivity index (χ4v) is 9.75. The van der Waals surface area contributed by atoms with E-state index in [1.807, 2.05) is 0 Å². The van der Waals surface area contributed by atoms with E-state index in [2.05, 4.69) is 53.7 Å². The smallest absolute Gasteiger partial charge is 0.302 e. The maximum absolute atomic E-state index is 11.5. The molecule has 0 heterocycles. The van der Waals surface area contributed by atoms with Crippen LogP contribution in [-0.2, 0) is 9.53 Å². The zero-order chi connectivity index (χ0) is 24.0. The van der Waals surface area contributed by atoms with Crippen LogP contribution in [0.2, 0.25) is 0 Å². The van der Waals surface area contributed by atoms with Crippen LogP contribution in [0.3, 0.4) is 0 Å². The third-order valence-corrected chi connectivity index (χ3v) is 11.6. The Bertz CT molecular complexity index is 724. The lowest BCUT2D eigenvalue weighted by Gasteiger charge is -2.61. The summed E-state index contributed by atoms with van der Waals surface area (Å²) in [5.74, 6) is 6.43. The summed E-state index contributed by atoms with van der Waals surface area (Å²) in [7, 11) is 0. The first-order chi connectivity index (χ1) is 15.6. The maximum Gasteiger partial charge on any atom is 0.302 e. The Kier molecular flexibility index (Phi) is 7.43. The monoisotopic (exact) mass is 456 g/mol. The van der Waals surface area contributed by atoms with Gasteiger partial charge in [0.15, 0.2) is 0 Å². The fraction of sp³-hybridized carbons (Fsp3) is 0.903. The summed E-state index contributed by atoms with van der Waals surface area (Å²) in [5, 5.41) is 0. The third-order valence-electron chi connectivity index (χ3n) is 11.6. The number of hydrogen-bond donors (Lipinski definition) is 0. The first kappa shape index (κ1) is 25.3. The molecule has 0 spiro atoms. The van der Waals surface area contributed by atoms with Crippen molar-refractivity contribution in [2.75, 3.05) is 0 Å². The predicted octanol–water partition coefficient (Wildman–Crippen LogP) is 8.45. The second kappa shape index (κ2) is 9.69. The van der Waals surface area contributed by atoms with Crippen molar-refractivity contribution in [3.05, 3.63) is 12.2 Å². The summed E-state index contributed by atoms with van der Waals surface area (Å²) in [6.07, 6.45) is 18.6. The number of carbonyl (C=O) groups is 1. The van der Waals surface area contributed by atoms with Crippen LogP contribution in [-0.4, -0.2) is 12.1 Å². The fourth-order valence-electron chi connectivity index (χ4n) is 9.75. The van der Waals surface area contributed by atoms with Gasteiger partial charge in [-0.25, -0.2) is 0 Å². The van der Waals surface area contributed by atoms with Crippen molar-refractivity contribution in [3.63, 3.8) is 0 Å². The molecule has 0 radical (unpaired) electrons. The molecular weight excluding hydrogens is 404 g/mol. The van der Waals surface area contributed by atoms with Crippen molar-refractivity contribution in [1.82, 2.24) is 0 Å². The number of rotatable bonds is 6. The summed E-state index contributed by atoms with van der Waals surface area (Å²) in [5.41, 5.74) is 0.999. The predicted molar refractivity (Wildman–Crippen MR) is 138 cm³/mol. The van der Waals surface area contributed by atoms with Crippen molar-refractivity contribution in [2.45, 2.75) is 119 Å². The number of carbonyl (C=O) groups excluding carboxylic acids is 1. The Balaban J connectivity index is 1.46. The maximum atomic E-state index is 11.5. The Labute approximate surface area is 204 Å². The molecule has 0 bridgehead atoms. The molecule has 0 aromatic heterocycles. The van der Waals surface area contributed by atoms with Crippen LogP contribution in [0.1, 0.15) is 113 Å². The molecule has 0 aromatic carbocycles. The molecule has 10 atom stereocenters. The van der Waals surface area contributed by atoms with Gasteiger partial charge in [-0.1, -0.05) is 53.7 Å². The van der Waals surface area contributed by atoms with Crippen LogP contribution in [0.25, 0.3) is 0 Å². The first-order valence-corrected chi connectivity index (χ1v) is 14.5. The number of fused-ring (bicyclic) bond motifs is 5. The second-order valence-electron chi connectivity index (χ2n) is 13.5. The van der Waals surface area contributed by atoms with Crippen molar-refractivity contribution < 1.29 is 9.53 Å². The molecule has 4 rings (SSSR count). The average Bonchev–Trinajstić information content (AvgIpc) is 3.11. The van der Waals surface area contributed by atoms with E-state index in [0.29, 0.717) is 16.7 Å². The standard InChI is InChI=1S/C31H52O2/c1-8-23(20(2)3)10-9-21(4)27-13-14-28-26-12-11-24-19-25(33-22(5)32)15-17-30(24,6)29(26)16-18-31(27,28)7/h9-10,20-21,23-29H,8,11-19H2,1-7H3/b10-9+/t21-,23-,24+,25+,26+,27-,28+,29+,30+,31-/m1/s1. The highest BCUT2D eigenvalue weighted by Gasteiger charge is 2.60. The van der Waals surface area contributed by atoms with Gasteiger partial charge in [-0.2, -0.15) is 0 Å². The van der Waals surface area contributed by atoms with Gasteiger partial charge in [0.25, 0.3) is 0 Å². The van der Waals surface area contributed by atoms with Crippen LogP contribution in [0, 0.1) is 58.2 Å². The van der Waals surface area contributed by atoms with E-state index in [4.69, 9.17) is 4.74 Å². The summed E-state index contributed by atoms with van der Waals surface area (Å²) in [6, 6.07) is 0. The Morgan fingerprint density at radius 3 is 2.30 bits per heavy atom. The highest BCUT2D eigenvalue weighted by atomic mass is 16.5. The van der Waals surface area contributed by atoms with Crippen molar-refractivity contribution in [3.8, 4) is 0 Å². The van der Waals surface area contributed by atoms with Crippen LogP contribution in [0.5, 0.6) is 0 Å². The van der Waals surface area contributed by atoms with Crippen molar-refractivity contribution in [2.24, 2.45) is 58.2 Å². The molecule has 0 aromatic rings. The molecule has 4 aliphatic rings. The molecule has 2 heteroatoms. The Morgan fingerprint density at radius 2 is 1.64 bits per heavy atom. The largest absolute Gasteiger partial charge is 0.463 e. The minimum Gasteiger partial charge on any atom is -0.463 e. The van der Waals surface area contributed by atoms with Gasteiger partial charge in [-0.05, 0) is 122 Å². The van der Waals surface area contributed by atoms with Gasteiger partial charge in [-0.15, -0.1) is 0 Å². The summed E-state index contributed by atoms with van der Waals surface area (Å²) in [4.78, 5) is 11.5. The zero-order valence-electron chi connectivity index (χ0n) is 22.7. The quantitative estimate of drug-likeness (QED) is 0.296. The summed E-state index contributed by atoms with van der Waals surface area (Å²) in [6.45, 7) is 16.5. The molecule has 2 nitrogen and oxygen atoms in total. The van der Waals surface area contributed by atoms with Crippen molar-refractivity contribution >= 4 is 5.97 Å². The van der Waals surface area contributed by atoms with E-state index in [-0.39, 0.29) is 12.1 Å². The molecule has 0 saturated heterocycles.